The predicted octanol–water partition coefficient (Wildman–Crippen LogP) is 2.91. The van der Waals surface area contributed by atoms with E-state index in [0.29, 0.717) is 5.75 Å². The van der Waals surface area contributed by atoms with Gasteiger partial charge in [0.1, 0.15) is 5.75 Å². The van der Waals surface area contributed by atoms with Gasteiger partial charge in [0.25, 0.3) is 0 Å². The normalized spacial score (nSPS) is 16.1. The first-order valence-corrected chi connectivity index (χ1v) is 5.11. The number of benzene rings is 1. The van der Waals surface area contributed by atoms with Crippen LogP contribution in [0, 0.1) is 5.92 Å². The van der Waals surface area contributed by atoms with Gasteiger partial charge in [-0.05, 0) is 48.8 Å². The van der Waals surface area contributed by atoms with E-state index in [9.17, 15) is 5.11 Å². The minimum atomic E-state index is 0.492. The summed E-state index contributed by atoms with van der Waals surface area (Å²) in [7, 11) is 0. The second-order valence-corrected chi connectivity index (χ2v) is 3.92. The average Bonchev–Trinajstić information content (AvgIpc) is 2.92. The van der Waals surface area contributed by atoms with Crippen molar-refractivity contribution in [1.82, 2.24) is 0 Å². The number of aryl methyl sites for hydroxylation is 1. The third-order valence-electron chi connectivity index (χ3n) is 2.82. The SMILES string of the molecule is CCc1cccc(O)c1CC1CC1. The number of hydrogen-bond acceptors (Lipinski definition) is 1. The fraction of sp³-hybridized carbons (Fsp3) is 0.500. The summed E-state index contributed by atoms with van der Waals surface area (Å²) in [6.45, 7) is 2.14. The summed E-state index contributed by atoms with van der Waals surface area (Å²) in [4.78, 5) is 0. The van der Waals surface area contributed by atoms with Crippen LogP contribution in [-0.4, -0.2) is 5.11 Å². The fourth-order valence-corrected chi connectivity index (χ4v) is 1.80. The molecule has 1 fully saturated rings. The molecule has 0 radical (unpaired) electrons. The molecule has 0 heterocycles. The number of phenols is 1. The molecule has 0 saturated heterocycles. The summed E-state index contributed by atoms with van der Waals surface area (Å²) in [5, 5.41) is 9.70. The molecule has 1 aliphatic rings. The maximum absolute atomic E-state index is 9.70. The first-order valence-electron chi connectivity index (χ1n) is 5.11. The third-order valence-corrected chi connectivity index (χ3v) is 2.82. The van der Waals surface area contributed by atoms with E-state index in [1.807, 2.05) is 6.07 Å². The summed E-state index contributed by atoms with van der Waals surface area (Å²) < 4.78 is 0. The van der Waals surface area contributed by atoms with Crippen LogP contribution >= 0.6 is 0 Å². The standard InChI is InChI=1S/C12H16O/c1-2-10-4-3-5-12(13)11(10)8-9-6-7-9/h3-5,9,13H,2,6-8H2,1H3. The molecule has 2 rings (SSSR count). The molecule has 0 aliphatic heterocycles. The second kappa shape index (κ2) is 3.41. The van der Waals surface area contributed by atoms with Crippen molar-refractivity contribution in [3.8, 4) is 5.75 Å². The zero-order valence-corrected chi connectivity index (χ0v) is 8.09. The molecule has 0 spiro atoms. The Balaban J connectivity index is 2.27. The molecule has 13 heavy (non-hydrogen) atoms. The Bertz CT molecular complexity index is 300. The Morgan fingerprint density at radius 1 is 1.38 bits per heavy atom. The van der Waals surface area contributed by atoms with Crippen molar-refractivity contribution >= 4 is 0 Å². The predicted molar refractivity (Wildman–Crippen MR) is 53.9 cm³/mol. The Hall–Kier alpha value is -0.980. The molecule has 0 bridgehead atoms. The van der Waals surface area contributed by atoms with E-state index in [0.717, 1.165) is 18.8 Å². The quantitative estimate of drug-likeness (QED) is 0.750. The van der Waals surface area contributed by atoms with Crippen molar-refractivity contribution < 1.29 is 5.11 Å². The van der Waals surface area contributed by atoms with Crippen molar-refractivity contribution in [2.75, 3.05) is 0 Å². The topological polar surface area (TPSA) is 20.2 Å². The van der Waals surface area contributed by atoms with Gasteiger partial charge < -0.3 is 5.11 Å². The second-order valence-electron chi connectivity index (χ2n) is 3.92. The van der Waals surface area contributed by atoms with Gasteiger partial charge in [-0.25, -0.2) is 0 Å². The molecular formula is C12H16O. The zero-order chi connectivity index (χ0) is 9.26. The maximum atomic E-state index is 9.70. The fourth-order valence-electron chi connectivity index (χ4n) is 1.80. The van der Waals surface area contributed by atoms with Gasteiger partial charge in [0, 0.05) is 0 Å². The third kappa shape index (κ3) is 1.85. The van der Waals surface area contributed by atoms with Crippen molar-refractivity contribution in [2.24, 2.45) is 5.92 Å². The Morgan fingerprint density at radius 3 is 2.77 bits per heavy atom. The molecule has 1 nitrogen and oxygen atoms in total. The van der Waals surface area contributed by atoms with Crippen LogP contribution in [0.15, 0.2) is 18.2 Å². The van der Waals surface area contributed by atoms with Gasteiger partial charge in [-0.2, -0.15) is 0 Å². The molecule has 1 aromatic rings. The van der Waals surface area contributed by atoms with E-state index in [1.54, 1.807) is 6.07 Å². The lowest BCUT2D eigenvalue weighted by Gasteiger charge is -2.08. The molecule has 1 aromatic carbocycles. The van der Waals surface area contributed by atoms with Crippen LogP contribution in [0.3, 0.4) is 0 Å². The summed E-state index contributed by atoms with van der Waals surface area (Å²) in [6.07, 6.45) is 4.79. The van der Waals surface area contributed by atoms with Crippen LogP contribution in [0.1, 0.15) is 30.9 Å². The first-order chi connectivity index (χ1) is 6.31. The summed E-state index contributed by atoms with van der Waals surface area (Å²) >= 11 is 0. The average molecular weight is 176 g/mol. The van der Waals surface area contributed by atoms with Crippen LogP contribution in [0.2, 0.25) is 0 Å². The summed E-state index contributed by atoms with van der Waals surface area (Å²) in [5.74, 6) is 1.34. The summed E-state index contributed by atoms with van der Waals surface area (Å²) in [5.41, 5.74) is 2.50. The molecule has 0 atom stereocenters. The van der Waals surface area contributed by atoms with Crippen LogP contribution in [-0.2, 0) is 12.8 Å². The largest absolute Gasteiger partial charge is 0.508 e. The number of phenolic OH excluding ortho intramolecular Hbond substituents is 1. The van der Waals surface area contributed by atoms with Gasteiger partial charge in [0.15, 0.2) is 0 Å². The van der Waals surface area contributed by atoms with Crippen molar-refractivity contribution in [3.63, 3.8) is 0 Å². The van der Waals surface area contributed by atoms with Gasteiger partial charge in [-0.15, -0.1) is 0 Å². The van der Waals surface area contributed by atoms with Crippen LogP contribution in [0.4, 0.5) is 0 Å². The maximum Gasteiger partial charge on any atom is 0.119 e. The number of hydrogen-bond donors (Lipinski definition) is 1. The molecule has 1 saturated carbocycles. The molecule has 0 aromatic heterocycles. The van der Waals surface area contributed by atoms with Gasteiger partial charge >= 0.3 is 0 Å². The van der Waals surface area contributed by atoms with E-state index >= 15 is 0 Å². The highest BCUT2D eigenvalue weighted by atomic mass is 16.3. The molecular weight excluding hydrogens is 160 g/mol. The van der Waals surface area contributed by atoms with Gasteiger partial charge in [-0.3, -0.25) is 0 Å². The van der Waals surface area contributed by atoms with Gasteiger partial charge in [-0.1, -0.05) is 19.1 Å². The van der Waals surface area contributed by atoms with E-state index in [2.05, 4.69) is 13.0 Å². The van der Waals surface area contributed by atoms with Crippen molar-refractivity contribution in [1.29, 1.82) is 0 Å². The Morgan fingerprint density at radius 2 is 2.15 bits per heavy atom. The Kier molecular flexibility index (Phi) is 2.26. The van der Waals surface area contributed by atoms with Gasteiger partial charge in [0.2, 0.25) is 0 Å². The minimum absolute atomic E-state index is 0.492. The smallest absolute Gasteiger partial charge is 0.119 e. The minimum Gasteiger partial charge on any atom is -0.508 e. The van der Waals surface area contributed by atoms with E-state index in [-0.39, 0.29) is 0 Å². The highest BCUT2D eigenvalue weighted by Crippen LogP contribution is 2.36. The molecule has 1 heteroatoms. The van der Waals surface area contributed by atoms with Gasteiger partial charge in [0.05, 0.1) is 0 Å². The van der Waals surface area contributed by atoms with Crippen LogP contribution < -0.4 is 0 Å². The molecule has 1 N–H and O–H groups in total. The lowest BCUT2D eigenvalue weighted by molar-refractivity contribution is 0.465. The molecule has 70 valence electrons. The molecule has 0 amide bonds. The molecule has 0 unspecified atom stereocenters. The number of rotatable bonds is 3. The highest BCUT2D eigenvalue weighted by molar-refractivity contribution is 5.39. The van der Waals surface area contributed by atoms with Crippen LogP contribution in [0.5, 0.6) is 5.75 Å². The highest BCUT2D eigenvalue weighted by Gasteiger charge is 2.23. The lowest BCUT2D eigenvalue weighted by Crippen LogP contribution is -1.94. The van der Waals surface area contributed by atoms with Crippen molar-refractivity contribution in [3.05, 3.63) is 29.3 Å². The summed E-state index contributed by atoms with van der Waals surface area (Å²) in [6, 6.07) is 5.86. The first kappa shape index (κ1) is 8.61. The van der Waals surface area contributed by atoms with E-state index in [4.69, 9.17) is 0 Å². The van der Waals surface area contributed by atoms with Crippen LogP contribution in [0.25, 0.3) is 0 Å². The van der Waals surface area contributed by atoms with E-state index in [1.165, 1.54) is 24.0 Å². The van der Waals surface area contributed by atoms with Crippen molar-refractivity contribution in [2.45, 2.75) is 32.6 Å². The zero-order valence-electron chi connectivity index (χ0n) is 8.09. The monoisotopic (exact) mass is 176 g/mol. The Labute approximate surface area is 79.4 Å². The lowest BCUT2D eigenvalue weighted by atomic mass is 9.99. The van der Waals surface area contributed by atoms with E-state index < -0.39 is 0 Å². The molecule has 1 aliphatic carbocycles. The number of aromatic hydroxyl groups is 1.